The molecule has 0 aliphatic heterocycles. The Morgan fingerprint density at radius 1 is 1.13 bits per heavy atom. The van der Waals surface area contributed by atoms with Crippen molar-refractivity contribution in [1.29, 1.82) is 0 Å². The highest BCUT2D eigenvalue weighted by Gasteiger charge is 2.07. The normalized spacial score (nSPS) is 10.0. The Kier molecular flexibility index (Phi) is 5.75. The predicted octanol–water partition coefficient (Wildman–Crippen LogP) is 2.31. The molecule has 0 radical (unpaired) electrons. The molecule has 0 saturated heterocycles. The average Bonchev–Trinajstić information content (AvgIpc) is 2.55. The number of nitrogens with one attached hydrogen (secondary N) is 3. The summed E-state index contributed by atoms with van der Waals surface area (Å²) in [7, 11) is 0. The minimum Gasteiger partial charge on any atom is -0.435 e. The van der Waals surface area contributed by atoms with Crippen molar-refractivity contribution in [3.8, 4) is 5.75 Å². The third-order valence-corrected chi connectivity index (χ3v) is 2.73. The number of rotatable bonds is 4. The number of benzene rings is 1. The standard InChI is InChI=1S/C14H12F2N4O2S/c15-13(16)22-10-6-4-9(5-7-10)18-14(23)20-19-12(21)11-3-1-2-8-17-11/h1-8,13H,(H,19,21)(H2,18,20,23). The molecule has 0 bridgehead atoms. The van der Waals surface area contributed by atoms with Crippen molar-refractivity contribution in [1.82, 2.24) is 15.8 Å². The highest BCUT2D eigenvalue weighted by Crippen LogP contribution is 2.17. The number of aromatic nitrogens is 1. The van der Waals surface area contributed by atoms with Crippen LogP contribution in [0.2, 0.25) is 0 Å². The van der Waals surface area contributed by atoms with E-state index in [0.717, 1.165) is 0 Å². The Hall–Kier alpha value is -2.81. The summed E-state index contributed by atoms with van der Waals surface area (Å²) in [6.45, 7) is -2.88. The molecule has 0 fully saturated rings. The van der Waals surface area contributed by atoms with Crippen molar-refractivity contribution < 1.29 is 18.3 Å². The van der Waals surface area contributed by atoms with E-state index in [9.17, 15) is 13.6 Å². The van der Waals surface area contributed by atoms with E-state index < -0.39 is 12.5 Å². The van der Waals surface area contributed by atoms with Crippen LogP contribution in [0.3, 0.4) is 0 Å². The lowest BCUT2D eigenvalue weighted by molar-refractivity contribution is -0.0498. The van der Waals surface area contributed by atoms with Gasteiger partial charge < -0.3 is 10.1 Å². The zero-order valence-electron chi connectivity index (χ0n) is 11.6. The molecule has 1 aromatic heterocycles. The maximum Gasteiger partial charge on any atom is 0.387 e. The molecular weight excluding hydrogens is 326 g/mol. The molecule has 1 heterocycles. The number of hydrogen-bond donors (Lipinski definition) is 3. The van der Waals surface area contributed by atoms with Crippen LogP contribution in [0.1, 0.15) is 10.5 Å². The second kappa shape index (κ2) is 7.99. The molecule has 0 atom stereocenters. The van der Waals surface area contributed by atoms with Crippen molar-refractivity contribution in [3.63, 3.8) is 0 Å². The maximum atomic E-state index is 12.0. The summed E-state index contributed by atoms with van der Waals surface area (Å²) in [6.07, 6.45) is 1.49. The summed E-state index contributed by atoms with van der Waals surface area (Å²) in [5.74, 6) is -0.414. The third-order valence-electron chi connectivity index (χ3n) is 2.52. The van der Waals surface area contributed by atoms with E-state index in [1.54, 1.807) is 18.2 Å². The van der Waals surface area contributed by atoms with E-state index in [4.69, 9.17) is 12.2 Å². The van der Waals surface area contributed by atoms with Gasteiger partial charge >= 0.3 is 6.61 Å². The smallest absolute Gasteiger partial charge is 0.387 e. The number of hydrazine groups is 1. The minimum absolute atomic E-state index is 0.0351. The number of alkyl halides is 2. The van der Waals surface area contributed by atoms with E-state index in [0.29, 0.717) is 5.69 Å². The van der Waals surface area contributed by atoms with Crippen LogP contribution in [0.5, 0.6) is 5.75 Å². The Morgan fingerprint density at radius 3 is 2.48 bits per heavy atom. The van der Waals surface area contributed by atoms with Gasteiger partial charge in [-0.05, 0) is 48.6 Å². The highest BCUT2D eigenvalue weighted by molar-refractivity contribution is 7.80. The van der Waals surface area contributed by atoms with Gasteiger partial charge in [0.2, 0.25) is 0 Å². The average molecular weight is 338 g/mol. The third kappa shape index (κ3) is 5.47. The Bertz CT molecular complexity index is 668. The molecule has 23 heavy (non-hydrogen) atoms. The lowest BCUT2D eigenvalue weighted by atomic mass is 10.3. The quantitative estimate of drug-likeness (QED) is 0.587. The minimum atomic E-state index is -2.88. The van der Waals surface area contributed by atoms with E-state index in [-0.39, 0.29) is 16.6 Å². The molecule has 2 aromatic rings. The molecular formula is C14H12F2N4O2S. The molecule has 6 nitrogen and oxygen atoms in total. The summed E-state index contributed by atoms with van der Waals surface area (Å²) in [4.78, 5) is 15.6. The van der Waals surface area contributed by atoms with Crippen LogP contribution in [-0.2, 0) is 0 Å². The summed E-state index contributed by atoms with van der Waals surface area (Å²) in [5.41, 5.74) is 5.65. The fourth-order valence-corrected chi connectivity index (χ4v) is 1.73. The first kappa shape index (κ1) is 16.6. The van der Waals surface area contributed by atoms with Crippen LogP contribution in [0, 0.1) is 0 Å². The topological polar surface area (TPSA) is 75.3 Å². The van der Waals surface area contributed by atoms with Crippen LogP contribution < -0.4 is 20.9 Å². The lowest BCUT2D eigenvalue weighted by Crippen LogP contribution is -2.44. The Labute approximate surface area is 135 Å². The van der Waals surface area contributed by atoms with Crippen molar-refractivity contribution >= 4 is 28.9 Å². The number of carbonyl (C=O) groups is 1. The molecule has 0 unspecified atom stereocenters. The first-order valence-electron chi connectivity index (χ1n) is 6.38. The van der Waals surface area contributed by atoms with Crippen LogP contribution in [0.4, 0.5) is 14.5 Å². The Balaban J connectivity index is 1.81. The van der Waals surface area contributed by atoms with Gasteiger partial charge in [0.1, 0.15) is 11.4 Å². The predicted molar refractivity (Wildman–Crippen MR) is 84.1 cm³/mol. The largest absolute Gasteiger partial charge is 0.435 e. The molecule has 3 N–H and O–H groups in total. The van der Waals surface area contributed by atoms with Crippen molar-refractivity contribution in [2.24, 2.45) is 0 Å². The number of amides is 1. The fourth-order valence-electron chi connectivity index (χ4n) is 1.56. The number of hydrogen-bond acceptors (Lipinski definition) is 4. The zero-order chi connectivity index (χ0) is 16.7. The number of thiocarbonyl (C=S) groups is 1. The van der Waals surface area contributed by atoms with Crippen LogP contribution in [-0.4, -0.2) is 22.6 Å². The zero-order valence-corrected chi connectivity index (χ0v) is 12.4. The summed E-state index contributed by atoms with van der Waals surface area (Å²) in [5, 5.41) is 2.89. The number of pyridine rings is 1. The number of carbonyl (C=O) groups excluding carboxylic acids is 1. The van der Waals surface area contributed by atoms with Gasteiger partial charge in [0.05, 0.1) is 0 Å². The summed E-state index contributed by atoms with van der Waals surface area (Å²) < 4.78 is 28.3. The van der Waals surface area contributed by atoms with E-state index in [1.165, 1.54) is 30.5 Å². The maximum absolute atomic E-state index is 12.0. The number of ether oxygens (including phenoxy) is 1. The second-order valence-electron chi connectivity index (χ2n) is 4.15. The van der Waals surface area contributed by atoms with Gasteiger partial charge in [-0.2, -0.15) is 8.78 Å². The van der Waals surface area contributed by atoms with Gasteiger partial charge in [-0.15, -0.1) is 0 Å². The molecule has 120 valence electrons. The number of anilines is 1. The van der Waals surface area contributed by atoms with Crippen LogP contribution in [0.15, 0.2) is 48.7 Å². The fraction of sp³-hybridized carbons (Fsp3) is 0.0714. The van der Waals surface area contributed by atoms with Crippen molar-refractivity contribution in [2.75, 3.05) is 5.32 Å². The first-order chi connectivity index (χ1) is 11.0. The van der Waals surface area contributed by atoms with Gasteiger partial charge in [-0.25, -0.2) is 0 Å². The van der Waals surface area contributed by atoms with E-state index in [2.05, 4.69) is 25.9 Å². The SMILES string of the molecule is O=C(NNC(=S)Nc1ccc(OC(F)F)cc1)c1ccccn1. The van der Waals surface area contributed by atoms with Gasteiger partial charge in [0, 0.05) is 11.9 Å². The van der Waals surface area contributed by atoms with Crippen LogP contribution >= 0.6 is 12.2 Å². The monoisotopic (exact) mass is 338 g/mol. The van der Waals surface area contributed by atoms with Gasteiger partial charge in [0.15, 0.2) is 5.11 Å². The number of nitrogens with zero attached hydrogens (tertiary/aromatic N) is 1. The van der Waals surface area contributed by atoms with Crippen LogP contribution in [0.25, 0.3) is 0 Å². The molecule has 0 aliphatic rings. The highest BCUT2D eigenvalue weighted by atomic mass is 32.1. The summed E-state index contributed by atoms with van der Waals surface area (Å²) >= 11 is 5.00. The molecule has 0 spiro atoms. The Morgan fingerprint density at radius 2 is 1.87 bits per heavy atom. The van der Waals surface area contributed by atoms with Crippen molar-refractivity contribution in [3.05, 3.63) is 54.4 Å². The molecule has 0 aliphatic carbocycles. The molecule has 1 amide bonds. The van der Waals surface area contributed by atoms with E-state index >= 15 is 0 Å². The molecule has 2 rings (SSSR count). The molecule has 0 saturated carbocycles. The molecule has 1 aromatic carbocycles. The second-order valence-corrected chi connectivity index (χ2v) is 4.56. The molecule has 9 heteroatoms. The first-order valence-corrected chi connectivity index (χ1v) is 6.78. The van der Waals surface area contributed by atoms with Gasteiger partial charge in [-0.3, -0.25) is 20.6 Å². The lowest BCUT2D eigenvalue weighted by Gasteiger charge is -2.12. The van der Waals surface area contributed by atoms with Crippen molar-refractivity contribution in [2.45, 2.75) is 6.61 Å². The summed E-state index contributed by atoms with van der Waals surface area (Å²) in [6, 6.07) is 10.7. The number of halogens is 2. The van der Waals surface area contributed by atoms with Gasteiger partial charge in [-0.1, -0.05) is 6.07 Å². The van der Waals surface area contributed by atoms with E-state index in [1.807, 2.05) is 0 Å². The van der Waals surface area contributed by atoms with Gasteiger partial charge in [0.25, 0.3) is 5.91 Å².